The van der Waals surface area contributed by atoms with Crippen LogP contribution in [-0.4, -0.2) is 36.2 Å². The summed E-state index contributed by atoms with van der Waals surface area (Å²) < 4.78 is 5.18. The third-order valence-electron chi connectivity index (χ3n) is 5.21. The van der Waals surface area contributed by atoms with Crippen LogP contribution in [0.5, 0.6) is 0 Å². The van der Waals surface area contributed by atoms with Crippen molar-refractivity contribution >= 4 is 11.9 Å². The molecule has 2 bridgehead atoms. The van der Waals surface area contributed by atoms with Crippen LogP contribution in [-0.2, 0) is 20.7 Å². The van der Waals surface area contributed by atoms with E-state index in [1.54, 1.807) is 6.92 Å². The lowest BCUT2D eigenvalue weighted by molar-refractivity contribution is -0.153. The zero-order chi connectivity index (χ0) is 17.8. The first kappa shape index (κ1) is 17.7. The highest BCUT2D eigenvalue weighted by Gasteiger charge is 2.52. The van der Waals surface area contributed by atoms with E-state index in [2.05, 4.69) is 5.32 Å². The van der Waals surface area contributed by atoms with Crippen LogP contribution in [0.4, 0.5) is 0 Å². The maximum Gasteiger partial charge on any atom is 0.310 e. The van der Waals surface area contributed by atoms with Crippen molar-refractivity contribution in [3.8, 4) is 0 Å². The molecular weight excluding hydrogens is 318 g/mol. The number of rotatable bonds is 7. The average Bonchev–Trinajstić information content (AvgIpc) is 3.23. The number of allylic oxidation sites excluding steroid dienone is 2. The monoisotopic (exact) mass is 343 g/mol. The van der Waals surface area contributed by atoms with Gasteiger partial charge in [0.1, 0.15) is 0 Å². The maximum absolute atomic E-state index is 12.8. The van der Waals surface area contributed by atoms with Crippen LogP contribution in [0.2, 0.25) is 0 Å². The van der Waals surface area contributed by atoms with Gasteiger partial charge in [-0.25, -0.2) is 0 Å². The van der Waals surface area contributed by atoms with Crippen LogP contribution in [0, 0.1) is 23.7 Å². The number of benzene rings is 1. The molecule has 0 radical (unpaired) electrons. The third-order valence-corrected chi connectivity index (χ3v) is 5.21. The lowest BCUT2D eigenvalue weighted by Gasteiger charge is -2.27. The number of aliphatic hydroxyl groups excluding tert-OH is 1. The summed E-state index contributed by atoms with van der Waals surface area (Å²) in [5.74, 6) is -1.10. The molecule has 0 saturated heterocycles. The Labute approximate surface area is 148 Å². The Bertz CT molecular complexity index is 642. The lowest BCUT2D eigenvalue weighted by atomic mass is 9.82. The van der Waals surface area contributed by atoms with Gasteiger partial charge in [-0.2, -0.15) is 0 Å². The third kappa shape index (κ3) is 3.76. The largest absolute Gasteiger partial charge is 0.466 e. The number of carbonyl (C=O) groups is 2. The topological polar surface area (TPSA) is 75.6 Å². The number of fused-ring (bicyclic) bond motifs is 2. The molecule has 134 valence electrons. The Balaban J connectivity index is 1.68. The van der Waals surface area contributed by atoms with Crippen LogP contribution in [0.25, 0.3) is 0 Å². The standard InChI is InChI=1S/C20H25NO4/c1-2-25-20(24)18-15-9-8-14(11-15)17(18)19(23)21-16(12-22)10-13-6-4-3-5-7-13/h3-9,14-18,22H,2,10-12H2,1H3,(H,21,23)/t14-,15+,16-,17+,18+/m0/s1. The predicted octanol–water partition coefficient (Wildman–Crippen LogP) is 1.71. The highest BCUT2D eigenvalue weighted by molar-refractivity contribution is 5.87. The van der Waals surface area contributed by atoms with Crippen molar-refractivity contribution in [2.75, 3.05) is 13.2 Å². The van der Waals surface area contributed by atoms with Crippen LogP contribution in [0.3, 0.4) is 0 Å². The fourth-order valence-electron chi connectivity index (χ4n) is 4.10. The Morgan fingerprint density at radius 1 is 1.20 bits per heavy atom. The van der Waals surface area contributed by atoms with Gasteiger partial charge in [0.05, 0.1) is 31.1 Å². The highest BCUT2D eigenvalue weighted by Crippen LogP contribution is 2.48. The van der Waals surface area contributed by atoms with Crippen molar-refractivity contribution < 1.29 is 19.4 Å². The van der Waals surface area contributed by atoms with E-state index in [1.807, 2.05) is 42.5 Å². The van der Waals surface area contributed by atoms with Crippen LogP contribution in [0.15, 0.2) is 42.5 Å². The SMILES string of the molecule is CCOC(=O)[C@H]1[C@H](C(=O)N[C@H](CO)Cc2ccccc2)[C@H]2C=C[C@@H]1C2. The predicted molar refractivity (Wildman–Crippen MR) is 93.5 cm³/mol. The first-order valence-electron chi connectivity index (χ1n) is 8.94. The van der Waals surface area contributed by atoms with Gasteiger partial charge in [0.15, 0.2) is 0 Å². The van der Waals surface area contributed by atoms with Gasteiger partial charge in [-0.3, -0.25) is 9.59 Å². The van der Waals surface area contributed by atoms with Crippen LogP contribution in [0.1, 0.15) is 18.9 Å². The van der Waals surface area contributed by atoms with E-state index in [9.17, 15) is 14.7 Å². The summed E-state index contributed by atoms with van der Waals surface area (Å²) in [6.45, 7) is 1.96. The molecule has 1 fully saturated rings. The van der Waals surface area contributed by atoms with Gasteiger partial charge in [0.2, 0.25) is 5.91 Å². The van der Waals surface area contributed by atoms with Crippen molar-refractivity contribution in [1.82, 2.24) is 5.32 Å². The number of hydrogen-bond donors (Lipinski definition) is 2. The second-order valence-electron chi connectivity index (χ2n) is 6.83. The summed E-state index contributed by atoms with van der Waals surface area (Å²) in [5, 5.41) is 12.6. The fraction of sp³-hybridized carbons (Fsp3) is 0.500. The Morgan fingerprint density at radius 2 is 1.88 bits per heavy atom. The molecule has 2 N–H and O–H groups in total. The molecule has 0 spiro atoms. The molecule has 3 rings (SSSR count). The summed E-state index contributed by atoms with van der Waals surface area (Å²) >= 11 is 0. The lowest BCUT2D eigenvalue weighted by Crippen LogP contribution is -2.46. The summed E-state index contributed by atoms with van der Waals surface area (Å²) in [7, 11) is 0. The second kappa shape index (κ2) is 7.83. The smallest absolute Gasteiger partial charge is 0.310 e. The number of nitrogens with one attached hydrogen (secondary N) is 1. The van der Waals surface area contributed by atoms with E-state index in [4.69, 9.17) is 4.74 Å². The average molecular weight is 343 g/mol. The molecular formula is C20H25NO4. The quantitative estimate of drug-likeness (QED) is 0.584. The number of amides is 1. The molecule has 1 aromatic carbocycles. The summed E-state index contributed by atoms with van der Waals surface area (Å²) in [6, 6.07) is 9.38. The minimum Gasteiger partial charge on any atom is -0.466 e. The first-order valence-corrected chi connectivity index (χ1v) is 8.94. The Morgan fingerprint density at radius 3 is 2.52 bits per heavy atom. The molecule has 2 aliphatic rings. The highest BCUT2D eigenvalue weighted by atomic mass is 16.5. The molecule has 5 heteroatoms. The minimum absolute atomic E-state index is 0.0791. The molecule has 25 heavy (non-hydrogen) atoms. The maximum atomic E-state index is 12.8. The molecule has 0 aromatic heterocycles. The van der Waals surface area contributed by atoms with E-state index < -0.39 is 11.8 Å². The minimum atomic E-state index is -0.411. The number of esters is 1. The molecule has 1 aromatic rings. The zero-order valence-corrected chi connectivity index (χ0v) is 14.4. The van der Waals surface area contributed by atoms with E-state index in [1.165, 1.54) is 0 Å². The van der Waals surface area contributed by atoms with Crippen molar-refractivity contribution in [1.29, 1.82) is 0 Å². The number of carbonyl (C=O) groups excluding carboxylic acids is 2. The molecule has 1 amide bonds. The number of aliphatic hydroxyl groups is 1. The van der Waals surface area contributed by atoms with E-state index >= 15 is 0 Å². The zero-order valence-electron chi connectivity index (χ0n) is 14.4. The fourth-order valence-corrected chi connectivity index (χ4v) is 4.10. The van der Waals surface area contributed by atoms with Gasteiger partial charge in [-0.05, 0) is 37.2 Å². The molecule has 5 nitrogen and oxygen atoms in total. The van der Waals surface area contributed by atoms with Gasteiger partial charge in [0.25, 0.3) is 0 Å². The Hall–Kier alpha value is -2.14. The van der Waals surface area contributed by atoms with Crippen LogP contribution >= 0.6 is 0 Å². The van der Waals surface area contributed by atoms with Crippen molar-refractivity contribution in [2.24, 2.45) is 23.7 Å². The normalized spacial score (nSPS) is 27.9. The van der Waals surface area contributed by atoms with Gasteiger partial charge in [-0.15, -0.1) is 0 Å². The summed E-state index contributed by atoms with van der Waals surface area (Å²) in [5.41, 5.74) is 1.05. The van der Waals surface area contributed by atoms with Gasteiger partial charge in [0, 0.05) is 0 Å². The molecule has 0 aliphatic heterocycles. The molecule has 0 heterocycles. The van der Waals surface area contributed by atoms with Crippen molar-refractivity contribution in [2.45, 2.75) is 25.8 Å². The van der Waals surface area contributed by atoms with Gasteiger partial charge in [-0.1, -0.05) is 42.5 Å². The van der Waals surface area contributed by atoms with Crippen molar-refractivity contribution in [3.05, 3.63) is 48.0 Å². The molecule has 1 saturated carbocycles. The van der Waals surface area contributed by atoms with Gasteiger partial charge >= 0.3 is 5.97 Å². The summed E-state index contributed by atoms with van der Waals surface area (Å²) in [6.07, 6.45) is 5.45. The molecule has 2 aliphatic carbocycles. The van der Waals surface area contributed by atoms with Crippen LogP contribution < -0.4 is 5.32 Å². The Kier molecular flexibility index (Phi) is 5.53. The van der Waals surface area contributed by atoms with E-state index in [0.29, 0.717) is 13.0 Å². The van der Waals surface area contributed by atoms with E-state index in [0.717, 1.165) is 12.0 Å². The first-order chi connectivity index (χ1) is 12.1. The van der Waals surface area contributed by atoms with Gasteiger partial charge < -0.3 is 15.2 Å². The molecule has 0 unspecified atom stereocenters. The molecule has 5 atom stereocenters. The van der Waals surface area contributed by atoms with E-state index in [-0.39, 0.29) is 36.4 Å². The second-order valence-corrected chi connectivity index (χ2v) is 6.83. The number of ether oxygens (including phenoxy) is 1. The summed E-state index contributed by atoms with van der Waals surface area (Å²) in [4.78, 5) is 25.2. The van der Waals surface area contributed by atoms with Crippen molar-refractivity contribution in [3.63, 3.8) is 0 Å². The number of hydrogen-bond acceptors (Lipinski definition) is 4.